The summed E-state index contributed by atoms with van der Waals surface area (Å²) in [5.74, 6) is 0. The van der Waals surface area contributed by atoms with Crippen molar-refractivity contribution in [3.63, 3.8) is 0 Å². The Kier molecular flexibility index (Phi) is 3.62. The van der Waals surface area contributed by atoms with Gasteiger partial charge in [-0.25, -0.2) is 4.79 Å². The van der Waals surface area contributed by atoms with Crippen LogP contribution in [0.25, 0.3) is 11.1 Å². The number of amides is 2. The molecule has 2 amide bonds. The highest BCUT2D eigenvalue weighted by Crippen LogP contribution is 2.46. The summed E-state index contributed by atoms with van der Waals surface area (Å²) in [6.07, 6.45) is 0. The molecule has 0 bridgehead atoms. The predicted molar refractivity (Wildman–Crippen MR) is 83.0 cm³/mol. The van der Waals surface area contributed by atoms with Gasteiger partial charge in [0.25, 0.3) is 0 Å². The standard InChI is InChI=1S/C16H12N2O2S/c1-20-18(16(19)17-10-21)15-13-8-4-2-6-11(13)12-7-3-5-9-14(12)15/h2-9,15H,1H3. The summed E-state index contributed by atoms with van der Waals surface area (Å²) < 4.78 is 0. The Morgan fingerprint density at radius 1 is 1.14 bits per heavy atom. The van der Waals surface area contributed by atoms with Crippen LogP contribution in [0.15, 0.2) is 53.5 Å². The Labute approximate surface area is 127 Å². The van der Waals surface area contributed by atoms with E-state index in [1.807, 2.05) is 48.5 Å². The molecular weight excluding hydrogens is 284 g/mol. The van der Waals surface area contributed by atoms with E-state index in [0.717, 1.165) is 22.3 Å². The lowest BCUT2D eigenvalue weighted by Gasteiger charge is -2.25. The largest absolute Gasteiger partial charge is 0.377 e. The first kappa shape index (κ1) is 13.6. The van der Waals surface area contributed by atoms with Crippen LogP contribution in [0.1, 0.15) is 17.2 Å². The normalized spacial score (nSPS) is 12.2. The molecule has 4 nitrogen and oxygen atoms in total. The third kappa shape index (κ3) is 2.17. The Morgan fingerprint density at radius 2 is 1.67 bits per heavy atom. The lowest BCUT2D eigenvalue weighted by Crippen LogP contribution is -2.31. The van der Waals surface area contributed by atoms with Crippen molar-refractivity contribution in [1.82, 2.24) is 5.06 Å². The maximum Gasteiger partial charge on any atom is 0.377 e. The molecule has 5 heteroatoms. The molecule has 0 radical (unpaired) electrons. The molecule has 0 fully saturated rings. The van der Waals surface area contributed by atoms with Crippen LogP contribution in [0.3, 0.4) is 0 Å². The summed E-state index contributed by atoms with van der Waals surface area (Å²) in [6, 6.07) is 15.0. The second-order valence-corrected chi connectivity index (χ2v) is 4.75. The van der Waals surface area contributed by atoms with Gasteiger partial charge in [-0.15, -0.1) is 4.99 Å². The van der Waals surface area contributed by atoms with Gasteiger partial charge in [0.1, 0.15) is 6.04 Å². The molecule has 0 aromatic heterocycles. The van der Waals surface area contributed by atoms with Crippen molar-refractivity contribution >= 4 is 23.4 Å². The fraction of sp³-hybridized carbons (Fsp3) is 0.125. The van der Waals surface area contributed by atoms with Crippen molar-refractivity contribution in [2.24, 2.45) is 4.99 Å². The summed E-state index contributed by atoms with van der Waals surface area (Å²) >= 11 is 4.51. The van der Waals surface area contributed by atoms with E-state index < -0.39 is 6.03 Å². The van der Waals surface area contributed by atoms with Crippen molar-refractivity contribution < 1.29 is 9.63 Å². The van der Waals surface area contributed by atoms with Gasteiger partial charge in [0.15, 0.2) is 0 Å². The number of fused-ring (bicyclic) bond motifs is 3. The second-order valence-electron chi connectivity index (χ2n) is 4.57. The molecule has 0 N–H and O–H groups in total. The molecule has 0 atom stereocenters. The zero-order valence-corrected chi connectivity index (χ0v) is 12.1. The van der Waals surface area contributed by atoms with Gasteiger partial charge < -0.3 is 0 Å². The van der Waals surface area contributed by atoms with Crippen molar-refractivity contribution in [3.05, 3.63) is 59.7 Å². The maximum absolute atomic E-state index is 12.1. The van der Waals surface area contributed by atoms with E-state index in [1.165, 1.54) is 12.2 Å². The van der Waals surface area contributed by atoms with Crippen LogP contribution in [0.4, 0.5) is 4.79 Å². The molecule has 1 aliphatic rings. The minimum atomic E-state index is -0.566. The Hall–Kier alpha value is -2.33. The van der Waals surface area contributed by atoms with Gasteiger partial charge in [0.2, 0.25) is 0 Å². The van der Waals surface area contributed by atoms with E-state index in [4.69, 9.17) is 4.84 Å². The summed E-state index contributed by atoms with van der Waals surface area (Å²) in [4.78, 5) is 20.9. The molecule has 1 aliphatic carbocycles. The molecule has 21 heavy (non-hydrogen) atoms. The Morgan fingerprint density at radius 3 is 2.14 bits per heavy atom. The van der Waals surface area contributed by atoms with Crippen LogP contribution in [0.5, 0.6) is 0 Å². The van der Waals surface area contributed by atoms with E-state index in [2.05, 4.69) is 22.4 Å². The first-order valence-electron chi connectivity index (χ1n) is 6.41. The van der Waals surface area contributed by atoms with E-state index in [1.54, 1.807) is 0 Å². The van der Waals surface area contributed by atoms with Crippen LogP contribution in [-0.4, -0.2) is 23.4 Å². The second kappa shape index (κ2) is 5.58. The molecule has 0 aliphatic heterocycles. The van der Waals surface area contributed by atoms with Crippen molar-refractivity contribution in [2.45, 2.75) is 6.04 Å². The van der Waals surface area contributed by atoms with Gasteiger partial charge in [-0.1, -0.05) is 48.5 Å². The zero-order chi connectivity index (χ0) is 14.8. The number of thiocarbonyl (C=S) groups is 1. The van der Waals surface area contributed by atoms with Gasteiger partial charge in [-0.2, -0.15) is 5.06 Å². The van der Waals surface area contributed by atoms with E-state index in [0.29, 0.717) is 0 Å². The number of nitrogens with zero attached hydrogens (tertiary/aromatic N) is 2. The van der Waals surface area contributed by atoms with Crippen molar-refractivity contribution in [2.75, 3.05) is 7.11 Å². The molecule has 0 unspecified atom stereocenters. The van der Waals surface area contributed by atoms with Gasteiger partial charge in [0, 0.05) is 0 Å². The number of hydrogen-bond acceptors (Lipinski definition) is 3. The first-order chi connectivity index (χ1) is 10.3. The molecule has 104 valence electrons. The number of aliphatic imine (C=N–C) groups is 1. The number of carbonyl (C=O) groups is 1. The fourth-order valence-corrected chi connectivity index (χ4v) is 2.84. The number of urea groups is 1. The lowest BCUT2D eigenvalue weighted by atomic mass is 10.1. The first-order valence-corrected chi connectivity index (χ1v) is 6.82. The summed E-state index contributed by atoms with van der Waals surface area (Å²) in [5, 5.41) is 3.32. The van der Waals surface area contributed by atoms with E-state index in [-0.39, 0.29) is 6.04 Å². The number of isothiocyanates is 1. The van der Waals surface area contributed by atoms with Crippen LogP contribution >= 0.6 is 12.2 Å². The highest BCUT2D eigenvalue weighted by Gasteiger charge is 2.35. The third-order valence-electron chi connectivity index (χ3n) is 3.56. The average molecular weight is 296 g/mol. The molecule has 2 aromatic rings. The van der Waals surface area contributed by atoms with Crippen LogP contribution in [-0.2, 0) is 4.84 Å². The quantitative estimate of drug-likeness (QED) is 0.480. The number of benzene rings is 2. The van der Waals surface area contributed by atoms with Gasteiger partial charge >= 0.3 is 6.03 Å². The van der Waals surface area contributed by atoms with Crippen LogP contribution in [0.2, 0.25) is 0 Å². The highest BCUT2D eigenvalue weighted by molar-refractivity contribution is 7.78. The van der Waals surface area contributed by atoms with E-state index >= 15 is 0 Å². The number of hydroxylamine groups is 2. The Bertz CT molecular complexity index is 708. The van der Waals surface area contributed by atoms with Crippen molar-refractivity contribution in [1.29, 1.82) is 0 Å². The average Bonchev–Trinajstić information content (AvgIpc) is 2.84. The van der Waals surface area contributed by atoms with Gasteiger partial charge in [0.05, 0.1) is 12.3 Å². The molecule has 0 heterocycles. The molecule has 0 saturated carbocycles. The topological polar surface area (TPSA) is 41.9 Å². The summed E-state index contributed by atoms with van der Waals surface area (Å²) in [7, 11) is 1.44. The van der Waals surface area contributed by atoms with E-state index in [9.17, 15) is 4.79 Å². The predicted octanol–water partition coefficient (Wildman–Crippen LogP) is 3.84. The monoisotopic (exact) mass is 296 g/mol. The molecule has 3 rings (SSSR count). The minimum absolute atomic E-state index is 0.331. The highest BCUT2D eigenvalue weighted by atomic mass is 32.1. The SMILES string of the molecule is CON(C(=O)N=C=S)C1c2ccccc2-c2ccccc21. The third-order valence-corrected chi connectivity index (χ3v) is 3.65. The molecular formula is C16H12N2O2S. The fourth-order valence-electron chi connectivity index (χ4n) is 2.76. The van der Waals surface area contributed by atoms with Gasteiger partial charge in [-0.05, 0) is 34.5 Å². The smallest absolute Gasteiger partial charge is 0.272 e. The molecule has 0 saturated heterocycles. The number of carbonyl (C=O) groups excluding carboxylic acids is 1. The van der Waals surface area contributed by atoms with Gasteiger partial charge in [-0.3, -0.25) is 4.84 Å². The molecule has 2 aromatic carbocycles. The van der Waals surface area contributed by atoms with Crippen LogP contribution < -0.4 is 0 Å². The maximum atomic E-state index is 12.1. The lowest BCUT2D eigenvalue weighted by molar-refractivity contribution is -0.104. The number of hydrogen-bond donors (Lipinski definition) is 0. The summed E-state index contributed by atoms with van der Waals surface area (Å²) in [5.41, 5.74) is 4.21. The number of rotatable bonds is 2. The Balaban J connectivity index is 2.18. The zero-order valence-electron chi connectivity index (χ0n) is 11.3. The van der Waals surface area contributed by atoms with Crippen molar-refractivity contribution in [3.8, 4) is 11.1 Å². The summed E-state index contributed by atoms with van der Waals surface area (Å²) in [6.45, 7) is 0. The van der Waals surface area contributed by atoms with Crippen LogP contribution in [0, 0.1) is 0 Å². The molecule has 0 spiro atoms. The minimum Gasteiger partial charge on any atom is -0.272 e.